The van der Waals surface area contributed by atoms with Crippen molar-refractivity contribution in [3.05, 3.63) is 35.0 Å². The molecule has 2 heterocycles. The number of halogens is 1. The van der Waals surface area contributed by atoms with Gasteiger partial charge in [0.05, 0.1) is 0 Å². The minimum atomic E-state index is -0.382. The van der Waals surface area contributed by atoms with Crippen LogP contribution < -0.4 is 5.32 Å². The van der Waals surface area contributed by atoms with E-state index in [9.17, 15) is 4.39 Å². The molecule has 0 unspecified atom stereocenters. The molecular weight excluding hydrogens is 263 g/mol. The third-order valence-corrected chi connectivity index (χ3v) is 5.91. The van der Waals surface area contributed by atoms with Crippen LogP contribution >= 0.6 is 0 Å². The number of piperidine rings is 1. The summed E-state index contributed by atoms with van der Waals surface area (Å²) >= 11 is 0. The van der Waals surface area contributed by atoms with Gasteiger partial charge in [0, 0.05) is 16.6 Å². The maximum absolute atomic E-state index is 13.0. The minimum Gasteiger partial charge on any atom is -0.358 e. The van der Waals surface area contributed by atoms with Gasteiger partial charge in [-0.2, -0.15) is 0 Å². The Kier molecular flexibility index (Phi) is 2.90. The monoisotopic (exact) mass is 286 g/mol. The van der Waals surface area contributed by atoms with Crippen LogP contribution in [0.2, 0.25) is 0 Å². The minimum absolute atomic E-state index is 0.382. The van der Waals surface area contributed by atoms with Crippen molar-refractivity contribution in [1.82, 2.24) is 10.3 Å². The average molecular weight is 286 g/mol. The Morgan fingerprint density at radius 3 is 3.05 bits per heavy atom. The number of nitrogens with one attached hydrogen (secondary N) is 2. The molecule has 3 atom stereocenters. The Bertz CT molecular complexity index is 690. The summed E-state index contributed by atoms with van der Waals surface area (Å²) in [7, 11) is 0. The van der Waals surface area contributed by atoms with Crippen molar-refractivity contribution in [3.8, 4) is 0 Å². The van der Waals surface area contributed by atoms with Gasteiger partial charge in [-0.15, -0.1) is 0 Å². The van der Waals surface area contributed by atoms with Crippen molar-refractivity contribution in [2.45, 2.75) is 39.3 Å². The zero-order valence-corrected chi connectivity index (χ0v) is 12.8. The van der Waals surface area contributed by atoms with Gasteiger partial charge in [0.15, 0.2) is 0 Å². The van der Waals surface area contributed by atoms with Gasteiger partial charge < -0.3 is 10.3 Å². The van der Waals surface area contributed by atoms with Crippen molar-refractivity contribution in [1.29, 1.82) is 0 Å². The number of fused-ring (bicyclic) bond motifs is 4. The first kappa shape index (κ1) is 13.3. The van der Waals surface area contributed by atoms with Gasteiger partial charge in [0.2, 0.25) is 0 Å². The SMILES string of the molecule is C[C@H]1c2c([nH]c3ccc(CF)cc23)C[C@@]2(C)CCNC[C@H]12. The molecule has 112 valence electrons. The van der Waals surface area contributed by atoms with Gasteiger partial charge in [-0.25, -0.2) is 4.39 Å². The highest BCUT2D eigenvalue weighted by atomic mass is 19.1. The van der Waals surface area contributed by atoms with Crippen LogP contribution in [0.25, 0.3) is 10.9 Å². The van der Waals surface area contributed by atoms with E-state index in [1.165, 1.54) is 28.6 Å². The molecule has 2 N–H and O–H groups in total. The first-order valence-corrected chi connectivity index (χ1v) is 8.02. The Balaban J connectivity index is 1.89. The summed E-state index contributed by atoms with van der Waals surface area (Å²) < 4.78 is 13.0. The zero-order chi connectivity index (χ0) is 14.6. The molecule has 2 aliphatic rings. The van der Waals surface area contributed by atoms with Crippen molar-refractivity contribution in [2.24, 2.45) is 11.3 Å². The number of hydrogen-bond acceptors (Lipinski definition) is 1. The van der Waals surface area contributed by atoms with E-state index in [-0.39, 0.29) is 6.67 Å². The quantitative estimate of drug-likeness (QED) is 0.817. The number of aromatic nitrogens is 1. The molecule has 0 bridgehead atoms. The Morgan fingerprint density at radius 1 is 1.38 bits per heavy atom. The lowest BCUT2D eigenvalue weighted by atomic mass is 9.59. The highest BCUT2D eigenvalue weighted by Crippen LogP contribution is 2.51. The molecule has 2 aromatic rings. The maximum atomic E-state index is 13.0. The Morgan fingerprint density at radius 2 is 2.24 bits per heavy atom. The van der Waals surface area contributed by atoms with Gasteiger partial charge in [-0.3, -0.25) is 0 Å². The number of aromatic amines is 1. The summed E-state index contributed by atoms with van der Waals surface area (Å²) in [5.74, 6) is 1.20. The van der Waals surface area contributed by atoms with Crippen molar-refractivity contribution < 1.29 is 4.39 Å². The van der Waals surface area contributed by atoms with E-state index in [1.54, 1.807) is 0 Å². The fourth-order valence-corrected chi connectivity index (χ4v) is 4.73. The van der Waals surface area contributed by atoms with Crippen LogP contribution in [-0.4, -0.2) is 18.1 Å². The molecule has 1 aliphatic heterocycles. The van der Waals surface area contributed by atoms with Gasteiger partial charge >= 0.3 is 0 Å². The number of hydrogen-bond donors (Lipinski definition) is 2. The standard InChI is InChI=1S/C18H23FN2/c1-11-14-10-20-6-5-18(14,2)8-16-17(11)13-7-12(9-19)3-4-15(13)21-16/h3-4,7,11,14,20-21H,5-6,8-10H2,1-2H3/t11-,14-,18-/m1/s1. The fourth-order valence-electron chi connectivity index (χ4n) is 4.73. The molecule has 3 heteroatoms. The second-order valence-electron chi connectivity index (χ2n) is 7.21. The topological polar surface area (TPSA) is 27.8 Å². The fraction of sp³-hybridized carbons (Fsp3) is 0.556. The van der Waals surface area contributed by atoms with Crippen molar-refractivity contribution in [2.75, 3.05) is 13.1 Å². The maximum Gasteiger partial charge on any atom is 0.115 e. The van der Waals surface area contributed by atoms with E-state index in [1.807, 2.05) is 18.2 Å². The first-order valence-electron chi connectivity index (χ1n) is 8.02. The molecule has 1 aromatic heterocycles. The molecule has 0 saturated carbocycles. The lowest BCUT2D eigenvalue weighted by molar-refractivity contribution is 0.0959. The summed E-state index contributed by atoms with van der Waals surface area (Å²) in [4.78, 5) is 3.61. The lowest BCUT2D eigenvalue weighted by Crippen LogP contribution is -2.49. The van der Waals surface area contributed by atoms with Gasteiger partial charge in [-0.1, -0.05) is 19.9 Å². The van der Waals surface area contributed by atoms with Crippen molar-refractivity contribution in [3.63, 3.8) is 0 Å². The van der Waals surface area contributed by atoms with E-state index in [0.717, 1.165) is 25.1 Å². The van der Waals surface area contributed by atoms with Crippen LogP contribution in [0, 0.1) is 11.3 Å². The second-order valence-corrected chi connectivity index (χ2v) is 7.21. The molecular formula is C18H23FN2. The van der Waals surface area contributed by atoms with Crippen LogP contribution in [0.1, 0.15) is 43.0 Å². The number of alkyl halides is 1. The second kappa shape index (κ2) is 4.57. The Labute approximate surface area is 125 Å². The molecule has 1 saturated heterocycles. The molecule has 1 aliphatic carbocycles. The van der Waals surface area contributed by atoms with Gasteiger partial charge in [0.1, 0.15) is 6.67 Å². The Hall–Kier alpha value is -1.35. The third-order valence-electron chi connectivity index (χ3n) is 5.91. The van der Waals surface area contributed by atoms with E-state index < -0.39 is 0 Å². The summed E-state index contributed by atoms with van der Waals surface area (Å²) in [5.41, 5.74) is 5.16. The number of benzene rings is 1. The van der Waals surface area contributed by atoms with E-state index in [4.69, 9.17) is 0 Å². The van der Waals surface area contributed by atoms with Crippen LogP contribution in [-0.2, 0) is 13.1 Å². The molecule has 0 spiro atoms. The average Bonchev–Trinajstić information content (AvgIpc) is 2.83. The highest BCUT2D eigenvalue weighted by Gasteiger charge is 2.45. The van der Waals surface area contributed by atoms with Gasteiger partial charge in [0.25, 0.3) is 0 Å². The summed E-state index contributed by atoms with van der Waals surface area (Å²) in [5, 5.41) is 4.80. The summed E-state index contributed by atoms with van der Waals surface area (Å²) in [6.45, 7) is 6.64. The molecule has 2 nitrogen and oxygen atoms in total. The molecule has 0 radical (unpaired) electrons. The number of H-pyrrole nitrogens is 1. The van der Waals surface area contributed by atoms with E-state index in [0.29, 0.717) is 17.3 Å². The van der Waals surface area contributed by atoms with Crippen LogP contribution in [0.4, 0.5) is 4.39 Å². The molecule has 1 fully saturated rings. The van der Waals surface area contributed by atoms with Crippen molar-refractivity contribution >= 4 is 10.9 Å². The molecule has 4 rings (SSSR count). The zero-order valence-electron chi connectivity index (χ0n) is 12.8. The smallest absolute Gasteiger partial charge is 0.115 e. The van der Waals surface area contributed by atoms with Crippen LogP contribution in [0.15, 0.2) is 18.2 Å². The molecule has 1 aromatic carbocycles. The summed E-state index contributed by atoms with van der Waals surface area (Å²) in [6, 6.07) is 5.98. The van der Waals surface area contributed by atoms with Crippen LogP contribution in [0.5, 0.6) is 0 Å². The predicted molar refractivity (Wildman–Crippen MR) is 84.3 cm³/mol. The van der Waals surface area contributed by atoms with E-state index in [2.05, 4.69) is 24.1 Å². The number of rotatable bonds is 1. The summed E-state index contributed by atoms with van der Waals surface area (Å²) in [6.07, 6.45) is 2.37. The normalized spacial score (nSPS) is 32.0. The van der Waals surface area contributed by atoms with Crippen LogP contribution in [0.3, 0.4) is 0 Å². The third kappa shape index (κ3) is 1.87. The van der Waals surface area contributed by atoms with E-state index >= 15 is 0 Å². The first-order chi connectivity index (χ1) is 10.1. The highest BCUT2D eigenvalue weighted by molar-refractivity contribution is 5.86. The largest absolute Gasteiger partial charge is 0.358 e. The lowest BCUT2D eigenvalue weighted by Gasteiger charge is -2.48. The predicted octanol–water partition coefficient (Wildman–Crippen LogP) is 3.91. The molecule has 0 amide bonds. The van der Waals surface area contributed by atoms with Gasteiger partial charge in [-0.05, 0) is 66.4 Å². The molecule has 21 heavy (non-hydrogen) atoms.